The second-order valence-corrected chi connectivity index (χ2v) is 6.39. The van der Waals surface area contributed by atoms with Crippen molar-refractivity contribution in [2.24, 2.45) is 0 Å². The molecule has 0 aliphatic rings. The van der Waals surface area contributed by atoms with E-state index in [1.165, 1.54) is 6.92 Å². The molecule has 128 valence electrons. The summed E-state index contributed by atoms with van der Waals surface area (Å²) in [6.45, 7) is 5.04. The highest BCUT2D eigenvalue weighted by Crippen LogP contribution is 2.41. The van der Waals surface area contributed by atoms with E-state index in [2.05, 4.69) is 4.98 Å². The van der Waals surface area contributed by atoms with Gasteiger partial charge in [0.2, 0.25) is 0 Å². The summed E-state index contributed by atoms with van der Waals surface area (Å²) in [7, 11) is 0. The van der Waals surface area contributed by atoms with Crippen molar-refractivity contribution < 1.29 is 14.3 Å². The molecule has 0 saturated carbocycles. The van der Waals surface area contributed by atoms with E-state index in [1.807, 2.05) is 13.8 Å². The summed E-state index contributed by atoms with van der Waals surface area (Å²) < 4.78 is 11.2. The van der Waals surface area contributed by atoms with E-state index in [0.29, 0.717) is 38.2 Å². The average molecular weight is 376 g/mol. The number of nitrogens with zero attached hydrogens (tertiary/aromatic N) is 1. The minimum Gasteiger partial charge on any atom is -0.456 e. The number of fused-ring (bicyclic) bond motifs is 1. The molecule has 0 aliphatic heterocycles. The molecule has 25 heavy (non-hydrogen) atoms. The standard InChI is InChI=1S/C19H15Cl2NO3/c1-10-11(2)22-15-8-9-16(25-14-6-4-13(20)5-7-14)18(21)17(15)19(10)24-12(3)23/h4-9H,1-3H3. The fourth-order valence-corrected chi connectivity index (χ4v) is 2.86. The maximum atomic E-state index is 11.5. The predicted octanol–water partition coefficient (Wildman–Crippen LogP) is 5.88. The topological polar surface area (TPSA) is 48.4 Å². The molecule has 0 fully saturated rings. The van der Waals surface area contributed by atoms with Crippen LogP contribution < -0.4 is 9.47 Å². The fourth-order valence-electron chi connectivity index (χ4n) is 2.45. The van der Waals surface area contributed by atoms with Gasteiger partial charge in [-0.3, -0.25) is 9.78 Å². The number of benzene rings is 2. The van der Waals surface area contributed by atoms with Crippen LogP contribution in [0.25, 0.3) is 10.9 Å². The molecule has 1 heterocycles. The van der Waals surface area contributed by atoms with Crippen LogP contribution in [0.2, 0.25) is 10.0 Å². The molecule has 6 heteroatoms. The zero-order valence-electron chi connectivity index (χ0n) is 13.9. The van der Waals surface area contributed by atoms with Gasteiger partial charge in [-0.05, 0) is 50.2 Å². The molecule has 3 aromatic rings. The summed E-state index contributed by atoms with van der Waals surface area (Å²) in [6.07, 6.45) is 0. The minimum atomic E-state index is -0.421. The monoisotopic (exact) mass is 375 g/mol. The van der Waals surface area contributed by atoms with E-state index >= 15 is 0 Å². The second kappa shape index (κ2) is 6.90. The fraction of sp³-hybridized carbons (Fsp3) is 0.158. The Morgan fingerprint density at radius 2 is 1.72 bits per heavy atom. The van der Waals surface area contributed by atoms with Gasteiger partial charge in [-0.25, -0.2) is 0 Å². The number of halogens is 2. The van der Waals surface area contributed by atoms with Crippen molar-refractivity contribution in [3.8, 4) is 17.2 Å². The highest BCUT2D eigenvalue weighted by atomic mass is 35.5. The van der Waals surface area contributed by atoms with Crippen LogP contribution in [0, 0.1) is 13.8 Å². The molecule has 4 nitrogen and oxygen atoms in total. The first-order valence-electron chi connectivity index (χ1n) is 7.58. The number of rotatable bonds is 3. The molecule has 0 unspecified atom stereocenters. The first-order valence-corrected chi connectivity index (χ1v) is 8.33. The quantitative estimate of drug-likeness (QED) is 0.536. The van der Waals surface area contributed by atoms with Crippen molar-refractivity contribution in [3.05, 3.63) is 57.7 Å². The maximum absolute atomic E-state index is 11.5. The van der Waals surface area contributed by atoms with E-state index in [1.54, 1.807) is 36.4 Å². The van der Waals surface area contributed by atoms with Crippen LogP contribution in [0.15, 0.2) is 36.4 Å². The number of ether oxygens (including phenoxy) is 2. The van der Waals surface area contributed by atoms with Crippen molar-refractivity contribution in [1.82, 2.24) is 4.98 Å². The molecular weight excluding hydrogens is 361 g/mol. The van der Waals surface area contributed by atoms with Crippen molar-refractivity contribution in [3.63, 3.8) is 0 Å². The molecule has 3 rings (SSSR count). The number of pyridine rings is 1. The lowest BCUT2D eigenvalue weighted by Gasteiger charge is -2.15. The lowest BCUT2D eigenvalue weighted by atomic mass is 10.1. The Morgan fingerprint density at radius 3 is 2.36 bits per heavy atom. The van der Waals surface area contributed by atoms with Gasteiger partial charge in [0, 0.05) is 23.2 Å². The number of carbonyl (C=O) groups is 1. The summed E-state index contributed by atoms with van der Waals surface area (Å²) in [5.41, 5.74) is 2.16. The third kappa shape index (κ3) is 3.55. The zero-order chi connectivity index (χ0) is 18.1. The van der Waals surface area contributed by atoms with Gasteiger partial charge >= 0.3 is 5.97 Å². The molecule has 0 N–H and O–H groups in total. The molecule has 0 spiro atoms. The van der Waals surface area contributed by atoms with E-state index < -0.39 is 5.97 Å². The van der Waals surface area contributed by atoms with Crippen LogP contribution in [0.5, 0.6) is 17.2 Å². The molecule has 0 saturated heterocycles. The second-order valence-electron chi connectivity index (χ2n) is 5.57. The Morgan fingerprint density at radius 1 is 1.04 bits per heavy atom. The number of esters is 1. The summed E-state index contributed by atoms with van der Waals surface area (Å²) in [6, 6.07) is 10.5. The molecule has 0 radical (unpaired) electrons. The van der Waals surface area contributed by atoms with Crippen LogP contribution in [0.4, 0.5) is 0 Å². The maximum Gasteiger partial charge on any atom is 0.308 e. The molecule has 0 amide bonds. The smallest absolute Gasteiger partial charge is 0.308 e. The van der Waals surface area contributed by atoms with Gasteiger partial charge in [0.25, 0.3) is 0 Å². The van der Waals surface area contributed by atoms with E-state index in [-0.39, 0.29) is 0 Å². The summed E-state index contributed by atoms with van der Waals surface area (Å²) in [5.74, 6) is 1.02. The lowest BCUT2D eigenvalue weighted by Crippen LogP contribution is -2.06. The van der Waals surface area contributed by atoms with E-state index in [9.17, 15) is 4.79 Å². The summed E-state index contributed by atoms with van der Waals surface area (Å²) >= 11 is 12.4. The zero-order valence-corrected chi connectivity index (χ0v) is 15.4. The van der Waals surface area contributed by atoms with Crippen molar-refractivity contribution in [2.75, 3.05) is 0 Å². The van der Waals surface area contributed by atoms with Gasteiger partial charge in [0.15, 0.2) is 0 Å². The van der Waals surface area contributed by atoms with Gasteiger partial charge in [-0.15, -0.1) is 0 Å². The number of aryl methyl sites for hydroxylation is 1. The van der Waals surface area contributed by atoms with E-state index in [4.69, 9.17) is 32.7 Å². The predicted molar refractivity (Wildman–Crippen MR) is 99.1 cm³/mol. The number of hydrogen-bond acceptors (Lipinski definition) is 4. The Hall–Kier alpha value is -2.30. The number of aromatic nitrogens is 1. The van der Waals surface area contributed by atoms with Crippen LogP contribution in [0.1, 0.15) is 18.2 Å². The van der Waals surface area contributed by atoms with Gasteiger partial charge in [-0.1, -0.05) is 23.2 Å². The lowest BCUT2D eigenvalue weighted by molar-refractivity contribution is -0.131. The third-order valence-electron chi connectivity index (χ3n) is 3.77. The highest BCUT2D eigenvalue weighted by molar-refractivity contribution is 6.37. The number of carbonyl (C=O) groups excluding carboxylic acids is 1. The Labute approximate surface area is 155 Å². The Balaban J connectivity index is 2.16. The van der Waals surface area contributed by atoms with Crippen molar-refractivity contribution >= 4 is 40.1 Å². The molecule has 0 bridgehead atoms. The van der Waals surface area contributed by atoms with Crippen LogP contribution >= 0.6 is 23.2 Å². The first kappa shape index (κ1) is 17.5. The SMILES string of the molecule is CC(=O)Oc1c(C)c(C)nc2ccc(Oc3ccc(Cl)cc3)c(Cl)c12. The molecule has 2 aromatic carbocycles. The van der Waals surface area contributed by atoms with Crippen LogP contribution in [0.3, 0.4) is 0 Å². The Kier molecular flexibility index (Phi) is 4.84. The third-order valence-corrected chi connectivity index (χ3v) is 4.40. The number of hydrogen-bond donors (Lipinski definition) is 0. The van der Waals surface area contributed by atoms with Crippen LogP contribution in [-0.2, 0) is 4.79 Å². The van der Waals surface area contributed by atoms with Crippen molar-refractivity contribution in [2.45, 2.75) is 20.8 Å². The first-order chi connectivity index (χ1) is 11.9. The molecular formula is C19H15Cl2NO3. The van der Waals surface area contributed by atoms with Gasteiger partial charge in [0.1, 0.15) is 17.2 Å². The van der Waals surface area contributed by atoms with Gasteiger partial charge in [0.05, 0.1) is 15.9 Å². The van der Waals surface area contributed by atoms with Crippen molar-refractivity contribution in [1.29, 1.82) is 0 Å². The van der Waals surface area contributed by atoms with Gasteiger partial charge < -0.3 is 9.47 Å². The summed E-state index contributed by atoms with van der Waals surface area (Å²) in [4.78, 5) is 16.0. The largest absolute Gasteiger partial charge is 0.456 e. The highest BCUT2D eigenvalue weighted by Gasteiger charge is 2.18. The Bertz CT molecular complexity index is 969. The molecule has 0 atom stereocenters. The minimum absolute atomic E-state index is 0.333. The molecule has 0 aliphatic carbocycles. The van der Waals surface area contributed by atoms with Gasteiger partial charge in [-0.2, -0.15) is 0 Å². The van der Waals surface area contributed by atoms with Crippen LogP contribution in [-0.4, -0.2) is 11.0 Å². The normalized spacial score (nSPS) is 10.8. The van der Waals surface area contributed by atoms with E-state index in [0.717, 1.165) is 11.3 Å². The molecule has 1 aromatic heterocycles. The average Bonchev–Trinajstić information content (AvgIpc) is 2.56. The summed E-state index contributed by atoms with van der Waals surface area (Å²) in [5, 5.41) is 1.50.